The third-order valence-electron chi connectivity index (χ3n) is 6.03. The van der Waals surface area contributed by atoms with Gasteiger partial charge < -0.3 is 14.8 Å². The third kappa shape index (κ3) is 8.11. The van der Waals surface area contributed by atoms with Crippen LogP contribution in [-0.4, -0.2) is 19.1 Å². The summed E-state index contributed by atoms with van der Waals surface area (Å²) in [5.74, 6) is 0. The molecule has 1 unspecified atom stereocenters. The van der Waals surface area contributed by atoms with Crippen molar-refractivity contribution < 1.29 is 64.4 Å². The average molecular weight is 483 g/mol. The second-order valence-corrected chi connectivity index (χ2v) is 9.85. The number of para-hydroxylation sites is 1. The Morgan fingerprint density at radius 1 is 0.875 bits per heavy atom. The normalized spacial score (nSPS) is 15.2. The van der Waals surface area contributed by atoms with Gasteiger partial charge in [-0.15, -0.1) is 0 Å². The number of fused-ring (bicyclic) bond motifs is 1. The fraction of sp³-hybridized carbons (Fsp3) is 0.520. The van der Waals surface area contributed by atoms with Crippen molar-refractivity contribution in [3.63, 3.8) is 0 Å². The number of hydrogen-bond acceptors (Lipinski definition) is 5. The summed E-state index contributed by atoms with van der Waals surface area (Å²) in [5, 5.41) is 3.47. The Hall–Kier alpha value is -0.414. The van der Waals surface area contributed by atoms with Crippen LogP contribution < -0.4 is 61.6 Å². The summed E-state index contributed by atoms with van der Waals surface area (Å²) in [4.78, 5) is 1.92. The largest absolute Gasteiger partial charge is 1.00 e. The van der Waals surface area contributed by atoms with Crippen molar-refractivity contribution in [2.45, 2.75) is 88.7 Å². The number of nitrogens with zero attached hydrogens (tertiary/aromatic N) is 1. The van der Waals surface area contributed by atoms with Crippen LogP contribution in [0.2, 0.25) is 0 Å². The Kier molecular flexibility index (Phi) is 12.3. The van der Waals surface area contributed by atoms with E-state index in [1.807, 2.05) is 36.4 Å². The number of anilines is 2. The molecule has 0 aromatic heterocycles. The maximum absolute atomic E-state index is 11.9. The Morgan fingerprint density at radius 2 is 1.50 bits per heavy atom. The van der Waals surface area contributed by atoms with Gasteiger partial charge in [-0.1, -0.05) is 94.7 Å². The number of nitrogens with one attached hydrogen (secondary N) is 1. The van der Waals surface area contributed by atoms with Gasteiger partial charge >= 0.3 is 51.4 Å². The fourth-order valence-electron chi connectivity index (χ4n) is 4.40. The van der Waals surface area contributed by atoms with E-state index in [1.165, 1.54) is 57.4 Å². The minimum absolute atomic E-state index is 0. The van der Waals surface area contributed by atoms with E-state index in [0.29, 0.717) is 12.2 Å². The standard InChI is InChI=1S/C25H36N2O3S.K/c1-2-3-4-5-6-7-8-9-13-19-24-26-22-17-14-18-23(31(28,29)30)25(22)27(24)20-21-15-11-10-12-16-21;/h10-12,14-18,24,26H,2-9,13,19-20H2,1H3,(H,28,29,30);/q;+1/p-1. The number of hydrogen-bond donors (Lipinski definition) is 1. The molecule has 1 atom stereocenters. The van der Waals surface area contributed by atoms with Crippen molar-refractivity contribution in [3.05, 3.63) is 54.1 Å². The van der Waals surface area contributed by atoms with Crippen molar-refractivity contribution in [3.8, 4) is 0 Å². The maximum Gasteiger partial charge on any atom is 1.00 e. The zero-order chi connectivity index (χ0) is 22.1. The molecule has 7 heteroatoms. The van der Waals surface area contributed by atoms with Crippen LogP contribution in [0.1, 0.15) is 76.7 Å². The van der Waals surface area contributed by atoms with Crippen LogP contribution in [0.25, 0.3) is 0 Å². The summed E-state index contributed by atoms with van der Waals surface area (Å²) in [6.07, 6.45) is 12.3. The molecule has 5 nitrogen and oxygen atoms in total. The second kappa shape index (κ2) is 14.1. The van der Waals surface area contributed by atoms with Gasteiger partial charge in [-0.05, 0) is 30.5 Å². The Balaban J connectivity index is 0.00000363. The summed E-state index contributed by atoms with van der Waals surface area (Å²) >= 11 is 0. The molecule has 0 spiro atoms. The van der Waals surface area contributed by atoms with E-state index >= 15 is 0 Å². The number of rotatable bonds is 13. The number of unbranched alkanes of at least 4 members (excludes halogenated alkanes) is 8. The minimum atomic E-state index is -4.55. The first kappa shape index (κ1) is 27.8. The molecule has 2 aromatic carbocycles. The van der Waals surface area contributed by atoms with Crippen molar-refractivity contribution in [2.75, 3.05) is 10.2 Å². The van der Waals surface area contributed by atoms with Crippen LogP contribution in [-0.2, 0) is 16.7 Å². The van der Waals surface area contributed by atoms with Gasteiger partial charge in [-0.2, -0.15) is 0 Å². The van der Waals surface area contributed by atoms with E-state index in [0.717, 1.165) is 24.1 Å². The van der Waals surface area contributed by atoms with Crippen LogP contribution in [0.4, 0.5) is 11.4 Å². The molecule has 0 aliphatic carbocycles. The molecule has 1 aliphatic rings. The predicted molar refractivity (Wildman–Crippen MR) is 126 cm³/mol. The zero-order valence-electron chi connectivity index (χ0n) is 19.6. The summed E-state index contributed by atoms with van der Waals surface area (Å²) in [6, 6.07) is 14.9. The maximum atomic E-state index is 11.9. The molecule has 32 heavy (non-hydrogen) atoms. The van der Waals surface area contributed by atoms with E-state index in [2.05, 4.69) is 17.1 Å². The molecule has 0 saturated heterocycles. The van der Waals surface area contributed by atoms with Crippen molar-refractivity contribution in [1.82, 2.24) is 0 Å². The molecule has 3 rings (SSSR count). The van der Waals surface area contributed by atoms with Gasteiger partial charge in [0, 0.05) is 6.54 Å². The monoisotopic (exact) mass is 482 g/mol. The Bertz CT molecular complexity index is 922. The van der Waals surface area contributed by atoms with Crippen molar-refractivity contribution in [2.24, 2.45) is 0 Å². The smallest absolute Gasteiger partial charge is 0.744 e. The molecule has 0 saturated carbocycles. The summed E-state index contributed by atoms with van der Waals surface area (Å²) < 4.78 is 35.7. The van der Waals surface area contributed by atoms with Gasteiger partial charge in [0.15, 0.2) is 0 Å². The topological polar surface area (TPSA) is 72.5 Å². The quantitative estimate of drug-likeness (QED) is 0.269. The van der Waals surface area contributed by atoms with Gasteiger partial charge in [-0.25, -0.2) is 8.42 Å². The number of benzene rings is 2. The van der Waals surface area contributed by atoms with Gasteiger partial charge in [0.05, 0.1) is 22.4 Å². The van der Waals surface area contributed by atoms with Crippen LogP contribution in [0.5, 0.6) is 0 Å². The van der Waals surface area contributed by atoms with Crippen LogP contribution in [0, 0.1) is 0 Å². The minimum Gasteiger partial charge on any atom is -0.744 e. The zero-order valence-corrected chi connectivity index (χ0v) is 23.5. The van der Waals surface area contributed by atoms with E-state index in [1.54, 1.807) is 6.07 Å². The molecule has 0 bridgehead atoms. The van der Waals surface area contributed by atoms with E-state index in [-0.39, 0.29) is 62.4 Å². The first-order valence-electron chi connectivity index (χ1n) is 11.7. The van der Waals surface area contributed by atoms with Crippen LogP contribution in [0.3, 0.4) is 0 Å². The van der Waals surface area contributed by atoms with E-state index in [4.69, 9.17) is 0 Å². The molecular weight excluding hydrogens is 447 g/mol. The summed E-state index contributed by atoms with van der Waals surface area (Å²) in [5.41, 5.74) is 2.34. The molecule has 0 fully saturated rings. The molecule has 170 valence electrons. The van der Waals surface area contributed by atoms with E-state index < -0.39 is 10.1 Å². The first-order chi connectivity index (χ1) is 15.0. The Labute approximate surface area is 236 Å². The average Bonchev–Trinajstić information content (AvgIpc) is 3.10. The molecule has 0 radical (unpaired) electrons. The first-order valence-corrected chi connectivity index (χ1v) is 13.1. The molecule has 0 amide bonds. The predicted octanol–water partition coefficient (Wildman–Crippen LogP) is 3.27. The van der Waals surface area contributed by atoms with Crippen molar-refractivity contribution in [1.29, 1.82) is 0 Å². The Morgan fingerprint density at radius 3 is 2.12 bits per heavy atom. The van der Waals surface area contributed by atoms with Gasteiger partial charge in [0.25, 0.3) is 0 Å². The molecule has 1 heterocycles. The summed E-state index contributed by atoms with van der Waals surface area (Å²) in [6.45, 7) is 2.81. The van der Waals surface area contributed by atoms with Gasteiger partial charge in [-0.3, -0.25) is 0 Å². The fourth-order valence-corrected chi connectivity index (χ4v) is 5.11. The van der Waals surface area contributed by atoms with Crippen molar-refractivity contribution >= 4 is 21.5 Å². The summed E-state index contributed by atoms with van der Waals surface area (Å²) in [7, 11) is -4.55. The molecular formula is C25H35KN2O3S. The molecule has 2 aromatic rings. The second-order valence-electron chi connectivity index (χ2n) is 8.50. The van der Waals surface area contributed by atoms with Crippen LogP contribution >= 0.6 is 0 Å². The third-order valence-corrected chi connectivity index (χ3v) is 6.90. The molecule has 1 aliphatic heterocycles. The molecule has 1 N–H and O–H groups in total. The SMILES string of the molecule is CCCCCCCCCCCC1Nc2cccc(S(=O)(=O)[O-])c2N1Cc1ccccc1.[K+]. The van der Waals surface area contributed by atoms with Gasteiger partial charge in [0.2, 0.25) is 0 Å². The van der Waals surface area contributed by atoms with Crippen LogP contribution in [0.15, 0.2) is 53.4 Å². The van der Waals surface area contributed by atoms with E-state index in [9.17, 15) is 13.0 Å². The van der Waals surface area contributed by atoms with Gasteiger partial charge in [0.1, 0.15) is 10.1 Å².